The van der Waals surface area contributed by atoms with Gasteiger partial charge in [-0.2, -0.15) is 0 Å². The van der Waals surface area contributed by atoms with Crippen LogP contribution in [0.2, 0.25) is 5.02 Å². The number of ether oxygens (including phenoxy) is 1. The Kier molecular flexibility index (Phi) is 3.10. The molecule has 1 rings (SSSR count). The van der Waals surface area contributed by atoms with E-state index in [1.54, 1.807) is 0 Å². The van der Waals surface area contributed by atoms with Crippen molar-refractivity contribution in [3.8, 4) is 5.88 Å². The van der Waals surface area contributed by atoms with E-state index in [1.165, 1.54) is 6.33 Å². The zero-order valence-electron chi connectivity index (χ0n) is 6.75. The van der Waals surface area contributed by atoms with Crippen LogP contribution < -0.4 is 10.5 Å². The third-order valence-electron chi connectivity index (χ3n) is 1.23. The summed E-state index contributed by atoms with van der Waals surface area (Å²) in [5.74, 6) is 0.601. The minimum absolute atomic E-state index is 0.248. The van der Waals surface area contributed by atoms with Crippen LogP contribution >= 0.6 is 11.6 Å². The molecule has 2 N–H and O–H groups in total. The Morgan fingerprint density at radius 1 is 1.58 bits per heavy atom. The second kappa shape index (κ2) is 4.11. The fraction of sp³-hybridized carbons (Fsp3) is 0.429. The fourth-order valence-electron chi connectivity index (χ4n) is 0.666. The molecule has 0 saturated heterocycles. The van der Waals surface area contributed by atoms with E-state index in [2.05, 4.69) is 9.97 Å². The molecule has 0 bridgehead atoms. The lowest BCUT2D eigenvalue weighted by Gasteiger charge is -2.05. The van der Waals surface area contributed by atoms with Gasteiger partial charge in [0.05, 0.1) is 6.61 Å². The van der Waals surface area contributed by atoms with E-state index in [0.717, 1.165) is 6.42 Å². The number of nitrogens with two attached hydrogens (primary N) is 1. The summed E-state index contributed by atoms with van der Waals surface area (Å²) in [5, 5.41) is 0.283. The van der Waals surface area contributed by atoms with Crippen LogP contribution in [0.4, 0.5) is 5.82 Å². The van der Waals surface area contributed by atoms with Gasteiger partial charge in [-0.05, 0) is 6.42 Å². The lowest BCUT2D eigenvalue weighted by Crippen LogP contribution is -2.01. The van der Waals surface area contributed by atoms with Gasteiger partial charge >= 0.3 is 0 Å². The Morgan fingerprint density at radius 3 is 3.00 bits per heavy atom. The van der Waals surface area contributed by atoms with Gasteiger partial charge in [0.1, 0.15) is 17.2 Å². The number of nitrogen functional groups attached to an aromatic ring is 1. The predicted molar refractivity (Wildman–Crippen MR) is 47.2 cm³/mol. The fourth-order valence-corrected chi connectivity index (χ4v) is 0.818. The zero-order valence-corrected chi connectivity index (χ0v) is 7.51. The molecule has 1 aromatic rings. The van der Waals surface area contributed by atoms with E-state index >= 15 is 0 Å². The second-order valence-corrected chi connectivity index (χ2v) is 2.60. The molecule has 1 aromatic heterocycles. The molecule has 0 spiro atoms. The Bertz CT molecular complexity index is 267. The van der Waals surface area contributed by atoms with Crippen LogP contribution in [0.1, 0.15) is 13.3 Å². The minimum Gasteiger partial charge on any atom is -0.476 e. The first-order chi connectivity index (χ1) is 5.75. The smallest absolute Gasteiger partial charge is 0.237 e. The number of rotatable bonds is 3. The molecule has 0 radical (unpaired) electrons. The number of halogens is 1. The van der Waals surface area contributed by atoms with E-state index in [4.69, 9.17) is 22.1 Å². The molecule has 0 fully saturated rings. The molecule has 0 unspecified atom stereocenters. The molecule has 0 atom stereocenters. The number of hydrogen-bond acceptors (Lipinski definition) is 4. The quantitative estimate of drug-likeness (QED) is 0.779. The van der Waals surface area contributed by atoms with Crippen molar-refractivity contribution < 1.29 is 4.74 Å². The molecular formula is C7H10ClN3O. The largest absolute Gasteiger partial charge is 0.476 e. The van der Waals surface area contributed by atoms with E-state index in [-0.39, 0.29) is 10.8 Å². The lowest BCUT2D eigenvalue weighted by molar-refractivity contribution is 0.305. The Balaban J connectivity index is 2.78. The molecule has 0 aliphatic rings. The van der Waals surface area contributed by atoms with Crippen LogP contribution in [0.25, 0.3) is 0 Å². The molecule has 4 nitrogen and oxygen atoms in total. The van der Waals surface area contributed by atoms with Crippen LogP contribution in [0, 0.1) is 0 Å². The Labute approximate surface area is 75.7 Å². The van der Waals surface area contributed by atoms with Crippen molar-refractivity contribution >= 4 is 17.4 Å². The van der Waals surface area contributed by atoms with Crippen LogP contribution in [-0.4, -0.2) is 16.6 Å². The molecule has 0 aliphatic carbocycles. The van der Waals surface area contributed by atoms with Gasteiger partial charge in [-0.25, -0.2) is 9.97 Å². The lowest BCUT2D eigenvalue weighted by atomic mass is 10.5. The van der Waals surface area contributed by atoms with E-state index in [0.29, 0.717) is 12.5 Å². The first-order valence-corrected chi connectivity index (χ1v) is 4.02. The predicted octanol–water partition coefficient (Wildman–Crippen LogP) is 1.50. The molecule has 0 aromatic carbocycles. The summed E-state index contributed by atoms with van der Waals surface area (Å²) < 4.78 is 5.20. The van der Waals surface area contributed by atoms with Crippen molar-refractivity contribution in [2.45, 2.75) is 13.3 Å². The average molecular weight is 188 g/mol. The topological polar surface area (TPSA) is 61.0 Å². The maximum Gasteiger partial charge on any atom is 0.237 e. The number of nitrogens with zero attached hydrogens (tertiary/aromatic N) is 2. The zero-order chi connectivity index (χ0) is 8.97. The van der Waals surface area contributed by atoms with Crippen molar-refractivity contribution in [2.75, 3.05) is 12.3 Å². The molecular weight excluding hydrogens is 178 g/mol. The van der Waals surface area contributed by atoms with Gasteiger partial charge in [-0.1, -0.05) is 18.5 Å². The van der Waals surface area contributed by atoms with Gasteiger partial charge in [-0.3, -0.25) is 0 Å². The van der Waals surface area contributed by atoms with Gasteiger partial charge < -0.3 is 10.5 Å². The third-order valence-corrected chi connectivity index (χ3v) is 1.58. The molecule has 0 aliphatic heterocycles. The number of aromatic nitrogens is 2. The summed E-state index contributed by atoms with van der Waals surface area (Å²) in [5.41, 5.74) is 5.43. The summed E-state index contributed by atoms with van der Waals surface area (Å²) in [6.07, 6.45) is 2.23. The molecule has 1 heterocycles. The molecule has 12 heavy (non-hydrogen) atoms. The molecule has 66 valence electrons. The maximum absolute atomic E-state index is 5.75. The summed E-state index contributed by atoms with van der Waals surface area (Å²) in [7, 11) is 0. The first-order valence-electron chi connectivity index (χ1n) is 3.64. The highest BCUT2D eigenvalue weighted by Gasteiger charge is 2.06. The molecule has 5 heteroatoms. The monoisotopic (exact) mass is 187 g/mol. The maximum atomic E-state index is 5.75. The van der Waals surface area contributed by atoms with Crippen molar-refractivity contribution in [2.24, 2.45) is 0 Å². The van der Waals surface area contributed by atoms with Gasteiger partial charge in [0.25, 0.3) is 0 Å². The van der Waals surface area contributed by atoms with Gasteiger partial charge in [0, 0.05) is 0 Å². The van der Waals surface area contributed by atoms with Crippen molar-refractivity contribution in [3.05, 3.63) is 11.3 Å². The van der Waals surface area contributed by atoms with E-state index in [9.17, 15) is 0 Å². The minimum atomic E-state index is 0.248. The van der Waals surface area contributed by atoms with Crippen molar-refractivity contribution in [3.63, 3.8) is 0 Å². The Hall–Kier alpha value is -1.03. The van der Waals surface area contributed by atoms with Gasteiger partial charge in [0.15, 0.2) is 0 Å². The normalized spacial score (nSPS) is 9.83. The third kappa shape index (κ3) is 1.98. The second-order valence-electron chi connectivity index (χ2n) is 2.23. The van der Waals surface area contributed by atoms with Crippen LogP contribution in [0.15, 0.2) is 6.33 Å². The number of hydrogen-bond donors (Lipinski definition) is 1. The summed E-state index contributed by atoms with van der Waals surface area (Å²) in [6.45, 7) is 2.58. The van der Waals surface area contributed by atoms with Gasteiger partial charge in [-0.15, -0.1) is 0 Å². The van der Waals surface area contributed by atoms with E-state index in [1.807, 2.05) is 6.92 Å². The SMILES string of the molecule is CCCOc1ncnc(N)c1Cl. The first kappa shape index (κ1) is 9.06. The number of anilines is 1. The summed E-state index contributed by atoms with van der Waals surface area (Å²) in [4.78, 5) is 7.53. The average Bonchev–Trinajstić information content (AvgIpc) is 2.08. The Morgan fingerprint density at radius 2 is 2.33 bits per heavy atom. The van der Waals surface area contributed by atoms with E-state index < -0.39 is 0 Å². The standard InChI is InChI=1S/C7H10ClN3O/c1-2-3-12-7-5(8)6(9)10-4-11-7/h4H,2-3H2,1H3,(H2,9,10,11). The van der Waals surface area contributed by atoms with Gasteiger partial charge in [0.2, 0.25) is 5.88 Å². The van der Waals surface area contributed by atoms with Crippen LogP contribution in [-0.2, 0) is 0 Å². The summed E-state index contributed by atoms with van der Waals surface area (Å²) >= 11 is 5.75. The molecule has 0 amide bonds. The summed E-state index contributed by atoms with van der Waals surface area (Å²) in [6, 6.07) is 0. The van der Waals surface area contributed by atoms with Crippen molar-refractivity contribution in [1.82, 2.24) is 9.97 Å². The van der Waals surface area contributed by atoms with Crippen molar-refractivity contribution in [1.29, 1.82) is 0 Å². The highest BCUT2D eigenvalue weighted by atomic mass is 35.5. The highest BCUT2D eigenvalue weighted by molar-refractivity contribution is 6.33. The van der Waals surface area contributed by atoms with Crippen LogP contribution in [0.5, 0.6) is 5.88 Å². The molecule has 0 saturated carbocycles. The highest BCUT2D eigenvalue weighted by Crippen LogP contribution is 2.25. The van der Waals surface area contributed by atoms with Crippen LogP contribution in [0.3, 0.4) is 0 Å².